The summed E-state index contributed by atoms with van der Waals surface area (Å²) in [6, 6.07) is -0.400. The van der Waals surface area contributed by atoms with Crippen molar-refractivity contribution >= 4 is 17.3 Å². The first-order valence-electron chi connectivity index (χ1n) is 6.73. The van der Waals surface area contributed by atoms with Crippen molar-refractivity contribution in [3.8, 4) is 0 Å². The second-order valence-corrected chi connectivity index (χ2v) is 4.99. The molecule has 0 bridgehead atoms. The average Bonchev–Trinajstić information content (AvgIpc) is 2.93. The zero-order valence-electron chi connectivity index (χ0n) is 11.9. The minimum absolute atomic E-state index is 0.230. The van der Waals surface area contributed by atoms with Gasteiger partial charge in [-0.3, -0.25) is 10.3 Å². The zero-order chi connectivity index (χ0) is 14.1. The van der Waals surface area contributed by atoms with E-state index >= 15 is 0 Å². The van der Waals surface area contributed by atoms with Crippen LogP contribution in [0.2, 0.25) is 0 Å². The van der Waals surface area contributed by atoms with Crippen LogP contribution in [0.25, 0.3) is 0 Å². The summed E-state index contributed by atoms with van der Waals surface area (Å²) in [6.45, 7) is 10.2. The van der Waals surface area contributed by atoms with Crippen LogP contribution >= 0.6 is 11.3 Å². The monoisotopic (exact) mass is 285 g/mol. The lowest BCUT2D eigenvalue weighted by molar-refractivity contribution is -0.145. The van der Waals surface area contributed by atoms with Crippen molar-refractivity contribution in [3.05, 3.63) is 16.6 Å². The van der Waals surface area contributed by atoms with Crippen LogP contribution in [0.5, 0.6) is 0 Å². The van der Waals surface area contributed by atoms with Crippen LogP contribution in [-0.4, -0.2) is 48.6 Å². The number of carbonyl (C=O) groups is 1. The number of esters is 1. The molecular weight excluding hydrogens is 262 g/mol. The van der Waals surface area contributed by atoms with E-state index in [9.17, 15) is 4.79 Å². The fourth-order valence-electron chi connectivity index (χ4n) is 1.80. The molecule has 0 aliphatic carbocycles. The summed E-state index contributed by atoms with van der Waals surface area (Å²) in [4.78, 5) is 19.2. The zero-order valence-corrected chi connectivity index (χ0v) is 12.7. The first-order valence-corrected chi connectivity index (χ1v) is 7.61. The average molecular weight is 285 g/mol. The molecule has 1 aromatic heterocycles. The van der Waals surface area contributed by atoms with Gasteiger partial charge in [-0.2, -0.15) is 0 Å². The van der Waals surface area contributed by atoms with Crippen LogP contribution in [-0.2, 0) is 9.53 Å². The van der Waals surface area contributed by atoms with Crippen LogP contribution in [0.15, 0.2) is 11.7 Å². The highest BCUT2D eigenvalue weighted by atomic mass is 32.1. The van der Waals surface area contributed by atoms with Gasteiger partial charge in [0.05, 0.1) is 17.0 Å². The summed E-state index contributed by atoms with van der Waals surface area (Å²) in [5, 5.41) is 3.26. The van der Waals surface area contributed by atoms with Crippen LogP contribution < -0.4 is 5.32 Å². The highest BCUT2D eigenvalue weighted by Crippen LogP contribution is 2.18. The molecule has 0 radical (unpaired) electrons. The summed E-state index contributed by atoms with van der Waals surface area (Å²) < 4.78 is 5.10. The standard InChI is InChI=1S/C13H23N3O2S/c1-4-16(5-2)8-7-15-12(13(17)18-6-3)11-9-14-10-19-11/h9-10,12,15H,4-8H2,1-3H3. The lowest BCUT2D eigenvalue weighted by Gasteiger charge is -2.20. The normalized spacial score (nSPS) is 12.6. The van der Waals surface area contributed by atoms with Gasteiger partial charge in [-0.05, 0) is 20.0 Å². The summed E-state index contributed by atoms with van der Waals surface area (Å²) in [5.74, 6) is -0.230. The number of thiazole rings is 1. The predicted molar refractivity (Wildman–Crippen MR) is 77.3 cm³/mol. The predicted octanol–water partition coefficient (Wildman–Crippen LogP) is 1.68. The third kappa shape index (κ3) is 5.26. The van der Waals surface area contributed by atoms with Crippen molar-refractivity contribution in [3.63, 3.8) is 0 Å². The molecule has 1 atom stereocenters. The van der Waals surface area contributed by atoms with E-state index in [1.165, 1.54) is 11.3 Å². The smallest absolute Gasteiger partial charge is 0.328 e. The van der Waals surface area contributed by atoms with Crippen LogP contribution in [0.4, 0.5) is 0 Å². The molecule has 0 aliphatic heterocycles. The third-order valence-corrected chi connectivity index (χ3v) is 3.77. The molecular formula is C13H23N3O2S. The molecule has 1 heterocycles. The molecule has 1 unspecified atom stereocenters. The van der Waals surface area contributed by atoms with Gasteiger partial charge in [0.15, 0.2) is 0 Å². The number of hydrogen-bond acceptors (Lipinski definition) is 6. The summed E-state index contributed by atoms with van der Waals surface area (Å²) in [6.07, 6.45) is 1.72. The van der Waals surface area contributed by atoms with Gasteiger partial charge in [0.1, 0.15) is 6.04 Å². The Bertz CT molecular complexity index is 353. The Hall–Kier alpha value is -0.980. The quantitative estimate of drug-likeness (QED) is 0.700. The van der Waals surface area contributed by atoms with Crippen LogP contribution in [0.3, 0.4) is 0 Å². The second kappa shape index (κ2) is 9.01. The summed E-state index contributed by atoms with van der Waals surface area (Å²) in [7, 11) is 0. The molecule has 0 aliphatic rings. The number of carbonyl (C=O) groups excluding carboxylic acids is 1. The molecule has 6 heteroatoms. The lowest BCUT2D eigenvalue weighted by atomic mass is 10.2. The SMILES string of the molecule is CCOC(=O)C(NCCN(CC)CC)c1cncs1. The maximum absolute atomic E-state index is 11.9. The molecule has 0 spiro atoms. The number of ether oxygens (including phenoxy) is 1. The van der Waals surface area contributed by atoms with E-state index in [2.05, 4.69) is 29.0 Å². The minimum Gasteiger partial charge on any atom is -0.465 e. The number of nitrogens with zero attached hydrogens (tertiary/aromatic N) is 2. The number of hydrogen-bond donors (Lipinski definition) is 1. The molecule has 1 N–H and O–H groups in total. The third-order valence-electron chi connectivity index (χ3n) is 2.93. The number of likely N-dealkylation sites (N-methyl/N-ethyl adjacent to an activating group) is 1. The Balaban J connectivity index is 2.53. The molecule has 1 rings (SSSR count). The van der Waals surface area contributed by atoms with Gasteiger partial charge in [0.25, 0.3) is 0 Å². The van der Waals surface area contributed by atoms with Crippen LogP contribution in [0, 0.1) is 0 Å². The van der Waals surface area contributed by atoms with Gasteiger partial charge in [0, 0.05) is 19.3 Å². The summed E-state index contributed by atoms with van der Waals surface area (Å²) in [5.41, 5.74) is 1.73. The van der Waals surface area contributed by atoms with Crippen molar-refractivity contribution in [2.24, 2.45) is 0 Å². The van der Waals surface area contributed by atoms with E-state index in [0.29, 0.717) is 6.61 Å². The molecule has 0 aromatic carbocycles. The maximum atomic E-state index is 11.9. The van der Waals surface area contributed by atoms with E-state index < -0.39 is 6.04 Å². The van der Waals surface area contributed by atoms with Gasteiger partial charge >= 0.3 is 5.97 Å². The molecule has 0 amide bonds. The van der Waals surface area contributed by atoms with Crippen molar-refractivity contribution in [1.29, 1.82) is 0 Å². The van der Waals surface area contributed by atoms with E-state index in [4.69, 9.17) is 4.74 Å². The highest BCUT2D eigenvalue weighted by molar-refractivity contribution is 7.09. The summed E-state index contributed by atoms with van der Waals surface area (Å²) >= 11 is 1.47. The van der Waals surface area contributed by atoms with E-state index in [0.717, 1.165) is 31.1 Å². The maximum Gasteiger partial charge on any atom is 0.328 e. The first-order chi connectivity index (χ1) is 9.22. The van der Waals surface area contributed by atoms with Crippen molar-refractivity contribution in [2.75, 3.05) is 32.8 Å². The topological polar surface area (TPSA) is 54.5 Å². The van der Waals surface area contributed by atoms with E-state index in [1.54, 1.807) is 11.7 Å². The Morgan fingerprint density at radius 1 is 1.47 bits per heavy atom. The van der Waals surface area contributed by atoms with E-state index in [1.807, 2.05) is 6.92 Å². The van der Waals surface area contributed by atoms with Gasteiger partial charge in [-0.1, -0.05) is 13.8 Å². The highest BCUT2D eigenvalue weighted by Gasteiger charge is 2.22. The lowest BCUT2D eigenvalue weighted by Crippen LogP contribution is -2.36. The molecule has 1 aromatic rings. The Labute approximate surface area is 119 Å². The Morgan fingerprint density at radius 3 is 2.74 bits per heavy atom. The largest absolute Gasteiger partial charge is 0.465 e. The number of aromatic nitrogens is 1. The van der Waals surface area contributed by atoms with Gasteiger partial charge in [0.2, 0.25) is 0 Å². The van der Waals surface area contributed by atoms with Gasteiger partial charge in [-0.15, -0.1) is 11.3 Å². The molecule has 0 fully saturated rings. The van der Waals surface area contributed by atoms with Crippen molar-refractivity contribution in [1.82, 2.24) is 15.2 Å². The number of nitrogens with one attached hydrogen (secondary N) is 1. The van der Waals surface area contributed by atoms with E-state index in [-0.39, 0.29) is 5.97 Å². The Kier molecular flexibility index (Phi) is 7.62. The fourth-order valence-corrected chi connectivity index (χ4v) is 2.48. The van der Waals surface area contributed by atoms with Gasteiger partial charge < -0.3 is 9.64 Å². The number of rotatable bonds is 9. The van der Waals surface area contributed by atoms with Crippen molar-refractivity contribution < 1.29 is 9.53 Å². The molecule has 0 saturated carbocycles. The van der Waals surface area contributed by atoms with Crippen molar-refractivity contribution in [2.45, 2.75) is 26.8 Å². The first kappa shape index (κ1) is 16.1. The van der Waals surface area contributed by atoms with Gasteiger partial charge in [-0.25, -0.2) is 4.79 Å². The second-order valence-electron chi connectivity index (χ2n) is 4.07. The molecule has 0 saturated heterocycles. The minimum atomic E-state index is -0.400. The molecule has 19 heavy (non-hydrogen) atoms. The molecule has 5 nitrogen and oxygen atoms in total. The fraction of sp³-hybridized carbons (Fsp3) is 0.692. The van der Waals surface area contributed by atoms with Crippen LogP contribution in [0.1, 0.15) is 31.7 Å². The Morgan fingerprint density at radius 2 is 2.21 bits per heavy atom. The molecule has 108 valence electrons.